The molecule has 1 aliphatic heterocycles. The first-order valence-electron chi connectivity index (χ1n) is 6.42. The summed E-state index contributed by atoms with van der Waals surface area (Å²) in [5.74, 6) is 0.585. The number of rotatable bonds is 2. The maximum Gasteiger partial charge on any atom is 0.241 e. The molecule has 2 unspecified atom stereocenters. The third-order valence-corrected chi connectivity index (χ3v) is 3.52. The number of phenols is 1. The molecule has 1 aliphatic rings. The fourth-order valence-corrected chi connectivity index (χ4v) is 2.40. The second-order valence-electron chi connectivity index (χ2n) is 5.04. The molecule has 98 valence electrons. The van der Waals surface area contributed by atoms with Crippen LogP contribution >= 0.6 is 0 Å². The second-order valence-corrected chi connectivity index (χ2v) is 5.04. The Kier molecular flexibility index (Phi) is 3.87. The number of carbonyl (C=O) groups is 1. The lowest BCUT2D eigenvalue weighted by Gasteiger charge is -2.29. The second kappa shape index (κ2) is 5.40. The first-order chi connectivity index (χ1) is 8.58. The minimum Gasteiger partial charge on any atom is -0.508 e. The molecule has 0 aliphatic carbocycles. The fourth-order valence-electron chi connectivity index (χ4n) is 2.40. The molecular weight excluding hydrogens is 228 g/mol. The van der Waals surface area contributed by atoms with Gasteiger partial charge in [-0.2, -0.15) is 0 Å². The highest BCUT2D eigenvalue weighted by Gasteiger charge is 2.27. The monoisotopic (exact) mass is 248 g/mol. The lowest BCUT2D eigenvalue weighted by molar-refractivity contribution is -0.119. The van der Waals surface area contributed by atoms with Gasteiger partial charge in [0.25, 0.3) is 0 Å². The number of anilines is 1. The van der Waals surface area contributed by atoms with E-state index in [0.29, 0.717) is 5.92 Å². The van der Waals surface area contributed by atoms with Gasteiger partial charge in [-0.1, -0.05) is 6.92 Å². The Hall–Kier alpha value is -1.55. The Morgan fingerprint density at radius 2 is 2.28 bits per heavy atom. The Bertz CT molecular complexity index is 445. The zero-order chi connectivity index (χ0) is 13.1. The van der Waals surface area contributed by atoms with Gasteiger partial charge in [0.15, 0.2) is 0 Å². The van der Waals surface area contributed by atoms with Gasteiger partial charge in [0.05, 0.1) is 6.04 Å². The predicted molar refractivity (Wildman–Crippen MR) is 71.7 cm³/mol. The lowest BCUT2D eigenvalue weighted by atomic mass is 9.92. The molecule has 1 saturated heterocycles. The van der Waals surface area contributed by atoms with E-state index in [4.69, 9.17) is 0 Å². The van der Waals surface area contributed by atoms with Gasteiger partial charge in [-0.15, -0.1) is 0 Å². The van der Waals surface area contributed by atoms with Crippen LogP contribution in [0, 0.1) is 12.8 Å². The molecule has 1 fully saturated rings. The Morgan fingerprint density at radius 3 is 2.94 bits per heavy atom. The number of benzene rings is 1. The van der Waals surface area contributed by atoms with E-state index in [1.165, 1.54) is 0 Å². The molecule has 2 rings (SSSR count). The van der Waals surface area contributed by atoms with E-state index in [-0.39, 0.29) is 17.7 Å². The molecule has 1 amide bonds. The molecular formula is C14H20N2O2. The number of aryl methyl sites for hydroxylation is 1. The molecule has 0 radical (unpaired) electrons. The molecule has 0 bridgehead atoms. The van der Waals surface area contributed by atoms with E-state index in [9.17, 15) is 9.90 Å². The van der Waals surface area contributed by atoms with Gasteiger partial charge < -0.3 is 15.7 Å². The van der Waals surface area contributed by atoms with Crippen molar-refractivity contribution in [3.05, 3.63) is 23.8 Å². The summed E-state index contributed by atoms with van der Waals surface area (Å²) in [5, 5.41) is 15.5. The average Bonchev–Trinajstić information content (AvgIpc) is 2.33. The Morgan fingerprint density at radius 1 is 1.50 bits per heavy atom. The van der Waals surface area contributed by atoms with Crippen molar-refractivity contribution in [1.29, 1.82) is 0 Å². The third kappa shape index (κ3) is 2.82. The smallest absolute Gasteiger partial charge is 0.241 e. The van der Waals surface area contributed by atoms with Crippen molar-refractivity contribution in [3.63, 3.8) is 0 Å². The molecule has 4 heteroatoms. The Labute approximate surface area is 107 Å². The van der Waals surface area contributed by atoms with Crippen LogP contribution in [0.2, 0.25) is 0 Å². The molecule has 18 heavy (non-hydrogen) atoms. The number of piperidine rings is 1. The SMILES string of the molecule is Cc1cc(O)ccc1NC(=O)C1NCCCC1C. The molecule has 0 spiro atoms. The van der Waals surface area contributed by atoms with Crippen molar-refractivity contribution in [2.45, 2.75) is 32.7 Å². The summed E-state index contributed by atoms with van der Waals surface area (Å²) in [7, 11) is 0. The number of phenolic OH excluding ortho intramolecular Hbond substituents is 1. The normalized spacial score (nSPS) is 23.7. The van der Waals surface area contributed by atoms with Crippen LogP contribution in [0.25, 0.3) is 0 Å². The maximum atomic E-state index is 12.2. The van der Waals surface area contributed by atoms with Crippen LogP contribution in [0.4, 0.5) is 5.69 Å². The minimum atomic E-state index is -0.119. The van der Waals surface area contributed by atoms with Crippen LogP contribution in [-0.2, 0) is 4.79 Å². The van der Waals surface area contributed by atoms with Crippen LogP contribution in [-0.4, -0.2) is 23.6 Å². The molecule has 0 saturated carbocycles. The van der Waals surface area contributed by atoms with Crippen LogP contribution in [0.3, 0.4) is 0 Å². The van der Waals surface area contributed by atoms with Crippen molar-refractivity contribution in [2.75, 3.05) is 11.9 Å². The maximum absolute atomic E-state index is 12.2. The van der Waals surface area contributed by atoms with Crippen molar-refractivity contribution < 1.29 is 9.90 Å². The minimum absolute atomic E-state index is 0.0102. The highest BCUT2D eigenvalue weighted by molar-refractivity contribution is 5.95. The van der Waals surface area contributed by atoms with Gasteiger partial charge in [-0.05, 0) is 56.0 Å². The van der Waals surface area contributed by atoms with E-state index in [1.54, 1.807) is 18.2 Å². The first-order valence-corrected chi connectivity index (χ1v) is 6.42. The summed E-state index contributed by atoms with van der Waals surface area (Å²) in [6.07, 6.45) is 2.21. The van der Waals surface area contributed by atoms with E-state index in [1.807, 2.05) is 6.92 Å². The quantitative estimate of drug-likeness (QED) is 0.702. The van der Waals surface area contributed by atoms with Crippen LogP contribution in [0.1, 0.15) is 25.3 Å². The van der Waals surface area contributed by atoms with Gasteiger partial charge in [-0.3, -0.25) is 4.79 Å². The van der Waals surface area contributed by atoms with Gasteiger partial charge >= 0.3 is 0 Å². The zero-order valence-electron chi connectivity index (χ0n) is 10.9. The van der Waals surface area contributed by atoms with E-state index in [2.05, 4.69) is 17.6 Å². The van der Waals surface area contributed by atoms with Gasteiger partial charge in [0, 0.05) is 5.69 Å². The third-order valence-electron chi connectivity index (χ3n) is 3.52. The Balaban J connectivity index is 2.06. The van der Waals surface area contributed by atoms with E-state index < -0.39 is 0 Å². The standard InChI is InChI=1S/C14H20N2O2/c1-9-4-3-7-15-13(9)14(18)16-12-6-5-11(17)8-10(12)2/h5-6,8-9,13,15,17H,3-4,7H2,1-2H3,(H,16,18). The number of aromatic hydroxyl groups is 1. The number of carbonyl (C=O) groups excluding carboxylic acids is 1. The predicted octanol–water partition coefficient (Wildman–Crippen LogP) is 2.03. The zero-order valence-corrected chi connectivity index (χ0v) is 10.9. The summed E-state index contributed by atoms with van der Waals surface area (Å²) in [6, 6.07) is 4.84. The molecule has 1 heterocycles. The van der Waals surface area contributed by atoms with Crippen molar-refractivity contribution in [1.82, 2.24) is 5.32 Å². The number of hydrogen-bond acceptors (Lipinski definition) is 3. The summed E-state index contributed by atoms with van der Waals surface area (Å²) >= 11 is 0. The van der Waals surface area contributed by atoms with Crippen molar-refractivity contribution in [3.8, 4) is 5.75 Å². The largest absolute Gasteiger partial charge is 0.508 e. The highest BCUT2D eigenvalue weighted by Crippen LogP contribution is 2.22. The summed E-state index contributed by atoms with van der Waals surface area (Å²) in [5.41, 5.74) is 1.63. The van der Waals surface area contributed by atoms with Gasteiger partial charge in [0.2, 0.25) is 5.91 Å². The fraction of sp³-hybridized carbons (Fsp3) is 0.500. The average molecular weight is 248 g/mol. The molecule has 1 aromatic rings. The summed E-state index contributed by atoms with van der Waals surface area (Å²) < 4.78 is 0. The van der Waals surface area contributed by atoms with E-state index in [0.717, 1.165) is 30.6 Å². The lowest BCUT2D eigenvalue weighted by Crippen LogP contribution is -2.48. The van der Waals surface area contributed by atoms with Crippen LogP contribution in [0.5, 0.6) is 5.75 Å². The molecule has 3 N–H and O–H groups in total. The first kappa shape index (κ1) is 12.9. The number of nitrogens with one attached hydrogen (secondary N) is 2. The molecule has 4 nitrogen and oxygen atoms in total. The molecule has 2 atom stereocenters. The summed E-state index contributed by atoms with van der Waals surface area (Å²) in [4.78, 5) is 12.2. The highest BCUT2D eigenvalue weighted by atomic mass is 16.3. The van der Waals surface area contributed by atoms with Gasteiger partial charge in [0.1, 0.15) is 5.75 Å². The number of hydrogen-bond donors (Lipinski definition) is 3. The topological polar surface area (TPSA) is 61.4 Å². The van der Waals surface area contributed by atoms with Crippen LogP contribution in [0.15, 0.2) is 18.2 Å². The molecule has 0 aromatic heterocycles. The summed E-state index contributed by atoms with van der Waals surface area (Å²) in [6.45, 7) is 4.87. The van der Waals surface area contributed by atoms with Crippen LogP contribution < -0.4 is 10.6 Å². The van der Waals surface area contributed by atoms with Crippen molar-refractivity contribution in [2.24, 2.45) is 5.92 Å². The van der Waals surface area contributed by atoms with Crippen molar-refractivity contribution >= 4 is 11.6 Å². The van der Waals surface area contributed by atoms with E-state index >= 15 is 0 Å². The van der Waals surface area contributed by atoms with Gasteiger partial charge in [-0.25, -0.2) is 0 Å². The molecule has 1 aromatic carbocycles. The number of amides is 1.